The van der Waals surface area contributed by atoms with Crippen LogP contribution in [0.25, 0.3) is 0 Å². The van der Waals surface area contributed by atoms with Crippen molar-refractivity contribution in [3.63, 3.8) is 0 Å². The van der Waals surface area contributed by atoms with E-state index in [1.807, 2.05) is 30.3 Å². The highest BCUT2D eigenvalue weighted by atomic mass is 16.5. The SMILES string of the molecule is COc1cccc(CC(=O)OCC(=O)Nc2ccc(OCc3ccccc3)cc2)c1. The topological polar surface area (TPSA) is 73.9 Å². The van der Waals surface area contributed by atoms with E-state index in [9.17, 15) is 9.59 Å². The number of benzene rings is 3. The minimum atomic E-state index is -0.483. The highest BCUT2D eigenvalue weighted by Gasteiger charge is 2.10. The Labute approximate surface area is 175 Å². The van der Waals surface area contributed by atoms with E-state index in [-0.39, 0.29) is 13.0 Å². The molecule has 0 aliphatic heterocycles. The summed E-state index contributed by atoms with van der Waals surface area (Å²) >= 11 is 0. The van der Waals surface area contributed by atoms with Gasteiger partial charge in [0.15, 0.2) is 6.61 Å². The molecule has 0 spiro atoms. The van der Waals surface area contributed by atoms with Crippen molar-refractivity contribution < 1.29 is 23.8 Å². The molecule has 30 heavy (non-hydrogen) atoms. The fourth-order valence-corrected chi connectivity index (χ4v) is 2.72. The summed E-state index contributed by atoms with van der Waals surface area (Å²) in [7, 11) is 1.56. The molecule has 3 aromatic rings. The van der Waals surface area contributed by atoms with Crippen LogP contribution in [0.2, 0.25) is 0 Å². The van der Waals surface area contributed by atoms with Gasteiger partial charge in [0.05, 0.1) is 13.5 Å². The quantitative estimate of drug-likeness (QED) is 0.545. The number of amides is 1. The highest BCUT2D eigenvalue weighted by molar-refractivity contribution is 5.92. The first-order valence-corrected chi connectivity index (χ1v) is 9.47. The van der Waals surface area contributed by atoms with Crippen LogP contribution in [0.5, 0.6) is 11.5 Å². The number of rotatable bonds is 9. The van der Waals surface area contributed by atoms with Crippen LogP contribution in [-0.4, -0.2) is 25.6 Å². The maximum Gasteiger partial charge on any atom is 0.310 e. The number of hydrogen-bond donors (Lipinski definition) is 1. The Morgan fingerprint density at radius 1 is 0.833 bits per heavy atom. The minimum Gasteiger partial charge on any atom is -0.497 e. The summed E-state index contributed by atoms with van der Waals surface area (Å²) < 4.78 is 15.9. The van der Waals surface area contributed by atoms with Crippen LogP contribution < -0.4 is 14.8 Å². The number of carbonyl (C=O) groups excluding carboxylic acids is 2. The first kappa shape index (κ1) is 20.9. The van der Waals surface area contributed by atoms with Crippen LogP contribution in [0, 0.1) is 0 Å². The molecule has 1 N–H and O–H groups in total. The monoisotopic (exact) mass is 405 g/mol. The normalized spacial score (nSPS) is 10.2. The predicted octanol–water partition coefficient (Wildman–Crippen LogP) is 4.00. The number of carbonyl (C=O) groups is 2. The van der Waals surface area contributed by atoms with Crippen molar-refractivity contribution in [1.29, 1.82) is 0 Å². The highest BCUT2D eigenvalue weighted by Crippen LogP contribution is 2.17. The van der Waals surface area contributed by atoms with E-state index in [1.165, 1.54) is 0 Å². The van der Waals surface area contributed by atoms with Crippen LogP contribution >= 0.6 is 0 Å². The predicted molar refractivity (Wildman–Crippen MR) is 114 cm³/mol. The van der Waals surface area contributed by atoms with Crippen molar-refractivity contribution in [3.8, 4) is 11.5 Å². The number of ether oxygens (including phenoxy) is 3. The van der Waals surface area contributed by atoms with Crippen LogP contribution in [0.1, 0.15) is 11.1 Å². The number of anilines is 1. The van der Waals surface area contributed by atoms with E-state index in [0.717, 1.165) is 11.1 Å². The second-order valence-electron chi connectivity index (χ2n) is 6.54. The summed E-state index contributed by atoms with van der Waals surface area (Å²) in [5.74, 6) is 0.464. The molecule has 0 saturated heterocycles. The zero-order valence-electron chi connectivity index (χ0n) is 16.7. The maximum atomic E-state index is 12.0. The molecule has 0 atom stereocenters. The van der Waals surface area contributed by atoms with Gasteiger partial charge in [-0.05, 0) is 47.5 Å². The van der Waals surface area contributed by atoms with Gasteiger partial charge in [-0.25, -0.2) is 0 Å². The molecule has 3 rings (SSSR count). The number of esters is 1. The molecule has 0 bridgehead atoms. The fraction of sp³-hybridized carbons (Fsp3) is 0.167. The Balaban J connectivity index is 1.41. The van der Waals surface area contributed by atoms with Gasteiger partial charge in [0, 0.05) is 5.69 Å². The van der Waals surface area contributed by atoms with Gasteiger partial charge < -0.3 is 19.5 Å². The minimum absolute atomic E-state index is 0.0674. The fourth-order valence-electron chi connectivity index (χ4n) is 2.72. The number of methoxy groups -OCH3 is 1. The summed E-state index contributed by atoms with van der Waals surface area (Å²) in [6.07, 6.45) is 0.0674. The zero-order chi connectivity index (χ0) is 21.2. The molecule has 0 heterocycles. The Bertz CT molecular complexity index is 970. The zero-order valence-corrected chi connectivity index (χ0v) is 16.7. The number of hydrogen-bond acceptors (Lipinski definition) is 5. The summed E-state index contributed by atoms with van der Waals surface area (Å²) in [5.41, 5.74) is 2.42. The second-order valence-corrected chi connectivity index (χ2v) is 6.54. The van der Waals surface area contributed by atoms with Gasteiger partial charge in [-0.3, -0.25) is 9.59 Å². The van der Waals surface area contributed by atoms with E-state index >= 15 is 0 Å². The lowest BCUT2D eigenvalue weighted by Crippen LogP contribution is -2.21. The van der Waals surface area contributed by atoms with Crippen molar-refractivity contribution in [2.45, 2.75) is 13.0 Å². The Hall–Kier alpha value is -3.80. The average molecular weight is 405 g/mol. The van der Waals surface area contributed by atoms with Gasteiger partial charge in [0.2, 0.25) is 0 Å². The van der Waals surface area contributed by atoms with Crippen LogP contribution in [0.4, 0.5) is 5.69 Å². The van der Waals surface area contributed by atoms with Crippen molar-refractivity contribution in [2.75, 3.05) is 19.0 Å². The van der Waals surface area contributed by atoms with E-state index in [2.05, 4.69) is 5.32 Å². The Morgan fingerprint density at radius 3 is 2.30 bits per heavy atom. The molecule has 0 aliphatic rings. The molecule has 3 aromatic carbocycles. The summed E-state index contributed by atoms with van der Waals surface area (Å²) in [6, 6.07) is 24.0. The second kappa shape index (κ2) is 10.7. The molecular formula is C24H23NO5. The molecule has 0 fully saturated rings. The summed E-state index contributed by atoms with van der Waals surface area (Å²) in [6.45, 7) is 0.116. The van der Waals surface area contributed by atoms with E-state index in [4.69, 9.17) is 14.2 Å². The summed E-state index contributed by atoms with van der Waals surface area (Å²) in [5, 5.41) is 2.69. The van der Waals surface area contributed by atoms with E-state index in [0.29, 0.717) is 23.8 Å². The first-order chi connectivity index (χ1) is 14.6. The maximum absolute atomic E-state index is 12.0. The van der Waals surface area contributed by atoms with Crippen LogP contribution in [-0.2, 0) is 27.4 Å². The molecule has 0 saturated carbocycles. The van der Waals surface area contributed by atoms with Gasteiger partial charge in [-0.1, -0.05) is 42.5 Å². The standard InChI is InChI=1S/C24H23NO5/c1-28-22-9-5-8-19(14-22)15-24(27)30-17-23(26)25-20-10-12-21(13-11-20)29-16-18-6-3-2-4-7-18/h2-14H,15-17H2,1H3,(H,25,26). The summed E-state index contributed by atoms with van der Waals surface area (Å²) in [4.78, 5) is 24.0. The van der Waals surface area contributed by atoms with Gasteiger partial charge in [0.1, 0.15) is 18.1 Å². The molecule has 6 heteroatoms. The van der Waals surface area contributed by atoms with Crippen molar-refractivity contribution in [1.82, 2.24) is 0 Å². The average Bonchev–Trinajstić information content (AvgIpc) is 2.78. The third-order valence-corrected chi connectivity index (χ3v) is 4.23. The Morgan fingerprint density at radius 2 is 1.57 bits per heavy atom. The smallest absolute Gasteiger partial charge is 0.310 e. The third-order valence-electron chi connectivity index (χ3n) is 4.23. The van der Waals surface area contributed by atoms with Gasteiger partial charge >= 0.3 is 5.97 Å². The molecule has 0 aromatic heterocycles. The molecule has 1 amide bonds. The molecule has 154 valence electrons. The molecule has 6 nitrogen and oxygen atoms in total. The van der Waals surface area contributed by atoms with Crippen molar-refractivity contribution >= 4 is 17.6 Å². The van der Waals surface area contributed by atoms with E-state index in [1.54, 1.807) is 55.6 Å². The first-order valence-electron chi connectivity index (χ1n) is 9.47. The van der Waals surface area contributed by atoms with E-state index < -0.39 is 11.9 Å². The van der Waals surface area contributed by atoms with Crippen LogP contribution in [0.15, 0.2) is 78.9 Å². The molecule has 0 aliphatic carbocycles. The molecule has 0 unspecified atom stereocenters. The number of nitrogens with one attached hydrogen (secondary N) is 1. The third kappa shape index (κ3) is 6.67. The molecule has 0 radical (unpaired) electrons. The lowest BCUT2D eigenvalue weighted by molar-refractivity contribution is -0.146. The van der Waals surface area contributed by atoms with Gasteiger partial charge in [0.25, 0.3) is 5.91 Å². The lowest BCUT2D eigenvalue weighted by atomic mass is 10.1. The van der Waals surface area contributed by atoms with Crippen molar-refractivity contribution in [2.24, 2.45) is 0 Å². The molecular weight excluding hydrogens is 382 g/mol. The van der Waals surface area contributed by atoms with Crippen molar-refractivity contribution in [3.05, 3.63) is 90.0 Å². The van der Waals surface area contributed by atoms with Gasteiger partial charge in [-0.15, -0.1) is 0 Å². The van der Waals surface area contributed by atoms with Gasteiger partial charge in [-0.2, -0.15) is 0 Å². The van der Waals surface area contributed by atoms with Crippen LogP contribution in [0.3, 0.4) is 0 Å². The Kier molecular flexibility index (Phi) is 7.44. The largest absolute Gasteiger partial charge is 0.497 e. The lowest BCUT2D eigenvalue weighted by Gasteiger charge is -2.09.